The smallest absolute Gasteiger partial charge is 0.387 e. The van der Waals surface area contributed by atoms with Gasteiger partial charge in [0.1, 0.15) is 5.75 Å². The maximum Gasteiger partial charge on any atom is 0.387 e. The van der Waals surface area contributed by atoms with Crippen molar-refractivity contribution in [3.8, 4) is 5.75 Å². The SMILES string of the molecule is O=C1CCc2ccccc2CN1Cc1ccccc1OC(F)F. The maximum atomic E-state index is 12.5. The second-order valence-corrected chi connectivity index (χ2v) is 5.50. The van der Waals surface area contributed by atoms with E-state index in [-0.39, 0.29) is 18.2 Å². The van der Waals surface area contributed by atoms with Crippen LogP contribution in [-0.2, 0) is 24.3 Å². The number of amides is 1. The van der Waals surface area contributed by atoms with Crippen LogP contribution in [-0.4, -0.2) is 17.4 Å². The molecule has 0 aromatic heterocycles. The van der Waals surface area contributed by atoms with E-state index in [4.69, 9.17) is 0 Å². The third-order valence-electron chi connectivity index (χ3n) is 3.99. The molecular formula is C18H17F2NO2. The highest BCUT2D eigenvalue weighted by molar-refractivity contribution is 5.77. The van der Waals surface area contributed by atoms with Gasteiger partial charge < -0.3 is 9.64 Å². The average Bonchev–Trinajstić information content (AvgIpc) is 2.69. The summed E-state index contributed by atoms with van der Waals surface area (Å²) in [5.41, 5.74) is 2.85. The van der Waals surface area contributed by atoms with Gasteiger partial charge in [-0.15, -0.1) is 0 Å². The number of nitrogens with zero attached hydrogens (tertiary/aromatic N) is 1. The van der Waals surface area contributed by atoms with Gasteiger partial charge in [-0.05, 0) is 23.6 Å². The van der Waals surface area contributed by atoms with Crippen molar-refractivity contribution >= 4 is 5.91 Å². The third-order valence-corrected chi connectivity index (χ3v) is 3.99. The predicted octanol–water partition coefficient (Wildman–Crippen LogP) is 3.76. The number of fused-ring (bicyclic) bond motifs is 1. The van der Waals surface area contributed by atoms with Gasteiger partial charge in [-0.2, -0.15) is 8.78 Å². The van der Waals surface area contributed by atoms with Crippen LogP contribution in [0.15, 0.2) is 48.5 Å². The highest BCUT2D eigenvalue weighted by atomic mass is 19.3. The number of carbonyl (C=O) groups is 1. The predicted molar refractivity (Wildman–Crippen MR) is 82.1 cm³/mol. The molecule has 0 atom stereocenters. The molecule has 120 valence electrons. The van der Waals surface area contributed by atoms with Crippen molar-refractivity contribution < 1.29 is 18.3 Å². The van der Waals surface area contributed by atoms with Crippen LogP contribution in [0, 0.1) is 0 Å². The molecule has 0 saturated carbocycles. The molecule has 0 bridgehead atoms. The number of carbonyl (C=O) groups excluding carboxylic acids is 1. The van der Waals surface area contributed by atoms with Gasteiger partial charge in [-0.3, -0.25) is 4.79 Å². The summed E-state index contributed by atoms with van der Waals surface area (Å²) in [4.78, 5) is 14.1. The van der Waals surface area contributed by atoms with Crippen LogP contribution in [0.25, 0.3) is 0 Å². The van der Waals surface area contributed by atoms with E-state index in [1.807, 2.05) is 24.3 Å². The summed E-state index contributed by atoms with van der Waals surface area (Å²) >= 11 is 0. The van der Waals surface area contributed by atoms with Crippen LogP contribution in [0.5, 0.6) is 5.75 Å². The molecule has 0 unspecified atom stereocenters. The second-order valence-electron chi connectivity index (χ2n) is 5.50. The molecule has 1 amide bonds. The quantitative estimate of drug-likeness (QED) is 0.859. The van der Waals surface area contributed by atoms with Gasteiger partial charge in [-0.1, -0.05) is 42.5 Å². The Morgan fingerprint density at radius 2 is 1.70 bits per heavy atom. The summed E-state index contributed by atoms with van der Waals surface area (Å²) in [7, 11) is 0. The van der Waals surface area contributed by atoms with Crippen LogP contribution < -0.4 is 4.74 Å². The van der Waals surface area contributed by atoms with Gasteiger partial charge >= 0.3 is 6.61 Å². The summed E-state index contributed by atoms with van der Waals surface area (Å²) in [5.74, 6) is 0.140. The van der Waals surface area contributed by atoms with Crippen molar-refractivity contribution in [2.45, 2.75) is 32.5 Å². The van der Waals surface area contributed by atoms with Gasteiger partial charge in [0.15, 0.2) is 0 Å². The van der Waals surface area contributed by atoms with E-state index >= 15 is 0 Å². The molecular weight excluding hydrogens is 300 g/mol. The maximum absolute atomic E-state index is 12.5. The number of halogens is 2. The molecule has 2 aromatic carbocycles. The molecule has 0 radical (unpaired) electrons. The van der Waals surface area contributed by atoms with Crippen LogP contribution in [0.2, 0.25) is 0 Å². The fourth-order valence-corrected chi connectivity index (χ4v) is 2.84. The van der Waals surface area contributed by atoms with Crippen LogP contribution in [0.4, 0.5) is 8.78 Å². The number of aryl methyl sites for hydroxylation is 1. The lowest BCUT2D eigenvalue weighted by Crippen LogP contribution is -2.28. The topological polar surface area (TPSA) is 29.5 Å². The molecule has 1 heterocycles. The Bertz CT molecular complexity index is 703. The lowest BCUT2D eigenvalue weighted by molar-refractivity contribution is -0.132. The van der Waals surface area contributed by atoms with E-state index in [2.05, 4.69) is 4.74 Å². The first-order valence-electron chi connectivity index (χ1n) is 7.51. The first kappa shape index (κ1) is 15.5. The fourth-order valence-electron chi connectivity index (χ4n) is 2.84. The third kappa shape index (κ3) is 3.67. The zero-order valence-corrected chi connectivity index (χ0v) is 12.5. The zero-order chi connectivity index (χ0) is 16.2. The Labute approximate surface area is 133 Å². The molecule has 0 N–H and O–H groups in total. The number of para-hydroxylation sites is 1. The molecule has 2 aromatic rings. The Hall–Kier alpha value is -2.43. The van der Waals surface area contributed by atoms with E-state index in [0.717, 1.165) is 5.56 Å². The second kappa shape index (κ2) is 6.77. The Morgan fingerprint density at radius 1 is 1.00 bits per heavy atom. The molecule has 1 aliphatic rings. The van der Waals surface area contributed by atoms with Gasteiger partial charge in [0.05, 0.1) is 0 Å². The van der Waals surface area contributed by atoms with Gasteiger partial charge in [-0.25, -0.2) is 0 Å². The van der Waals surface area contributed by atoms with Crippen LogP contribution in [0.3, 0.4) is 0 Å². The average molecular weight is 317 g/mol. The standard InChI is InChI=1S/C18H17F2NO2/c19-18(20)23-16-8-4-3-7-15(16)12-21-11-14-6-2-1-5-13(14)9-10-17(21)22/h1-8,18H,9-12H2. The number of alkyl halides is 2. The Balaban J connectivity index is 1.83. The normalized spacial score (nSPS) is 14.6. The summed E-state index contributed by atoms with van der Waals surface area (Å²) in [6.07, 6.45) is 1.13. The number of hydrogen-bond acceptors (Lipinski definition) is 2. The lowest BCUT2D eigenvalue weighted by atomic mass is 10.0. The fraction of sp³-hybridized carbons (Fsp3) is 0.278. The molecule has 23 heavy (non-hydrogen) atoms. The van der Waals surface area contributed by atoms with E-state index in [1.54, 1.807) is 23.1 Å². The highest BCUT2D eigenvalue weighted by Gasteiger charge is 2.21. The first-order valence-corrected chi connectivity index (χ1v) is 7.51. The van der Waals surface area contributed by atoms with Crippen LogP contribution >= 0.6 is 0 Å². The molecule has 0 aliphatic carbocycles. The zero-order valence-electron chi connectivity index (χ0n) is 12.5. The van der Waals surface area contributed by atoms with E-state index in [0.29, 0.717) is 24.9 Å². The molecule has 3 rings (SSSR count). The Kier molecular flexibility index (Phi) is 4.55. The summed E-state index contributed by atoms with van der Waals surface area (Å²) in [6, 6.07) is 14.5. The van der Waals surface area contributed by atoms with Crippen molar-refractivity contribution in [3.05, 3.63) is 65.2 Å². The molecule has 0 fully saturated rings. The molecule has 1 aliphatic heterocycles. The van der Waals surface area contributed by atoms with E-state index in [1.165, 1.54) is 11.6 Å². The molecule has 5 heteroatoms. The van der Waals surface area contributed by atoms with Crippen molar-refractivity contribution in [1.29, 1.82) is 0 Å². The molecule has 0 spiro atoms. The Morgan fingerprint density at radius 3 is 2.48 bits per heavy atom. The lowest BCUT2D eigenvalue weighted by Gasteiger charge is -2.22. The minimum Gasteiger partial charge on any atom is -0.434 e. The van der Waals surface area contributed by atoms with E-state index in [9.17, 15) is 13.6 Å². The summed E-state index contributed by atoms with van der Waals surface area (Å²) in [6.45, 7) is -2.13. The minimum absolute atomic E-state index is 0.0213. The number of rotatable bonds is 4. The largest absolute Gasteiger partial charge is 0.434 e. The minimum atomic E-state index is -2.88. The molecule has 3 nitrogen and oxygen atoms in total. The first-order chi connectivity index (χ1) is 11.1. The molecule has 0 saturated heterocycles. The van der Waals surface area contributed by atoms with Gasteiger partial charge in [0.25, 0.3) is 0 Å². The summed E-state index contributed by atoms with van der Waals surface area (Å²) in [5, 5.41) is 0. The van der Waals surface area contributed by atoms with Crippen molar-refractivity contribution in [2.24, 2.45) is 0 Å². The van der Waals surface area contributed by atoms with Crippen LogP contribution in [0.1, 0.15) is 23.1 Å². The van der Waals surface area contributed by atoms with Gasteiger partial charge in [0.2, 0.25) is 5.91 Å². The highest BCUT2D eigenvalue weighted by Crippen LogP contribution is 2.25. The number of benzene rings is 2. The monoisotopic (exact) mass is 317 g/mol. The number of ether oxygens (including phenoxy) is 1. The van der Waals surface area contributed by atoms with Crippen molar-refractivity contribution in [3.63, 3.8) is 0 Å². The van der Waals surface area contributed by atoms with Crippen molar-refractivity contribution in [2.75, 3.05) is 0 Å². The van der Waals surface area contributed by atoms with Gasteiger partial charge in [0, 0.05) is 25.1 Å². The van der Waals surface area contributed by atoms with E-state index < -0.39 is 6.61 Å². The number of hydrogen-bond donors (Lipinski definition) is 0. The summed E-state index contributed by atoms with van der Waals surface area (Å²) < 4.78 is 29.6. The van der Waals surface area contributed by atoms with Crippen molar-refractivity contribution in [1.82, 2.24) is 4.90 Å².